The first-order chi connectivity index (χ1) is 9.13. The molecule has 2 aliphatic heterocycles. The van der Waals surface area contributed by atoms with Gasteiger partial charge in [-0.3, -0.25) is 4.79 Å². The van der Waals surface area contributed by atoms with E-state index in [0.717, 1.165) is 39.0 Å². The molecule has 0 spiro atoms. The summed E-state index contributed by atoms with van der Waals surface area (Å²) in [6.45, 7) is 13.3. The standard InChI is InChI=1S/C17H32N2O/c1-16(2)11-18(5)9-7-13(16)15(20)14-8-10-19(6)12-17(14,3)4/h13-14H,7-12H2,1-6H3. The Morgan fingerprint density at radius 3 is 1.50 bits per heavy atom. The monoisotopic (exact) mass is 280 g/mol. The molecule has 0 aromatic rings. The molecular weight excluding hydrogens is 248 g/mol. The maximum Gasteiger partial charge on any atom is 0.140 e. The highest BCUT2D eigenvalue weighted by Crippen LogP contribution is 2.42. The largest absolute Gasteiger partial charge is 0.306 e. The lowest BCUT2D eigenvalue weighted by Gasteiger charge is -2.48. The number of ketones is 1. The quantitative estimate of drug-likeness (QED) is 0.776. The molecule has 0 aromatic heterocycles. The topological polar surface area (TPSA) is 23.6 Å². The zero-order chi connectivity index (χ0) is 15.1. The van der Waals surface area contributed by atoms with Crippen molar-refractivity contribution in [3.63, 3.8) is 0 Å². The molecule has 3 heteroatoms. The van der Waals surface area contributed by atoms with Crippen molar-refractivity contribution in [1.29, 1.82) is 0 Å². The molecule has 0 aliphatic carbocycles. The predicted molar refractivity (Wildman–Crippen MR) is 83.8 cm³/mol. The van der Waals surface area contributed by atoms with Crippen molar-refractivity contribution >= 4 is 5.78 Å². The number of hydrogen-bond donors (Lipinski definition) is 0. The minimum Gasteiger partial charge on any atom is -0.306 e. The van der Waals surface area contributed by atoms with Crippen LogP contribution >= 0.6 is 0 Å². The second kappa shape index (κ2) is 5.42. The van der Waals surface area contributed by atoms with Gasteiger partial charge in [0.25, 0.3) is 0 Å². The van der Waals surface area contributed by atoms with Crippen LogP contribution in [0.5, 0.6) is 0 Å². The fraction of sp³-hybridized carbons (Fsp3) is 0.941. The molecular formula is C17H32N2O. The van der Waals surface area contributed by atoms with Crippen LogP contribution in [0.25, 0.3) is 0 Å². The molecule has 20 heavy (non-hydrogen) atoms. The Balaban J connectivity index is 2.14. The average Bonchev–Trinajstić information content (AvgIpc) is 2.25. The van der Waals surface area contributed by atoms with Crippen LogP contribution in [0.15, 0.2) is 0 Å². The van der Waals surface area contributed by atoms with Gasteiger partial charge >= 0.3 is 0 Å². The SMILES string of the molecule is CN1CCC(C(=O)C2CCN(C)CC2(C)C)C(C)(C)C1. The number of likely N-dealkylation sites (tertiary alicyclic amines) is 2. The minimum atomic E-state index is 0.115. The van der Waals surface area contributed by atoms with Gasteiger partial charge in [-0.05, 0) is 50.9 Å². The third-order valence-electron chi connectivity index (χ3n) is 5.53. The number of carbonyl (C=O) groups excluding carboxylic acids is 1. The predicted octanol–water partition coefficient (Wildman–Crippen LogP) is 2.51. The summed E-state index contributed by atoms with van der Waals surface area (Å²) in [5, 5.41) is 0. The fourth-order valence-corrected chi connectivity index (χ4v) is 4.55. The number of Topliss-reactive ketones (excluding diaryl/α,β-unsaturated/α-hetero) is 1. The molecule has 2 unspecified atom stereocenters. The number of piperidine rings is 2. The lowest BCUT2D eigenvalue weighted by Crippen LogP contribution is -2.53. The Labute approximate surface area is 124 Å². The molecule has 2 saturated heterocycles. The Morgan fingerprint density at radius 2 is 1.20 bits per heavy atom. The summed E-state index contributed by atoms with van der Waals surface area (Å²) in [5.74, 6) is 1.03. The summed E-state index contributed by atoms with van der Waals surface area (Å²) >= 11 is 0. The van der Waals surface area contributed by atoms with E-state index < -0.39 is 0 Å². The maximum absolute atomic E-state index is 13.2. The van der Waals surface area contributed by atoms with Crippen LogP contribution in [0.4, 0.5) is 0 Å². The summed E-state index contributed by atoms with van der Waals surface area (Å²) in [4.78, 5) is 17.9. The van der Waals surface area contributed by atoms with Gasteiger partial charge in [-0.2, -0.15) is 0 Å². The summed E-state index contributed by atoms with van der Waals surface area (Å²) in [5.41, 5.74) is 0.229. The zero-order valence-corrected chi connectivity index (χ0v) is 14.2. The molecule has 2 rings (SSSR count). The first kappa shape index (κ1) is 16.0. The van der Waals surface area contributed by atoms with E-state index in [0.29, 0.717) is 5.78 Å². The van der Waals surface area contributed by atoms with Gasteiger partial charge in [0.2, 0.25) is 0 Å². The second-order valence-electron chi connectivity index (χ2n) is 8.54. The van der Waals surface area contributed by atoms with Crippen LogP contribution in [-0.4, -0.2) is 55.9 Å². The van der Waals surface area contributed by atoms with Crippen LogP contribution in [0.2, 0.25) is 0 Å². The number of hydrogen-bond acceptors (Lipinski definition) is 3. The van der Waals surface area contributed by atoms with Gasteiger partial charge in [-0.1, -0.05) is 27.7 Å². The molecule has 2 atom stereocenters. The molecule has 0 aromatic carbocycles. The Bertz CT molecular complexity index is 341. The van der Waals surface area contributed by atoms with Crippen LogP contribution in [0.1, 0.15) is 40.5 Å². The minimum absolute atomic E-state index is 0.115. The van der Waals surface area contributed by atoms with Crippen LogP contribution in [0.3, 0.4) is 0 Å². The first-order valence-corrected chi connectivity index (χ1v) is 8.04. The molecule has 2 heterocycles. The van der Waals surface area contributed by atoms with Crippen molar-refractivity contribution < 1.29 is 4.79 Å². The Hall–Kier alpha value is -0.410. The van der Waals surface area contributed by atoms with Crippen molar-refractivity contribution in [2.75, 3.05) is 40.3 Å². The third-order valence-corrected chi connectivity index (χ3v) is 5.53. The Morgan fingerprint density at radius 1 is 0.850 bits per heavy atom. The normalized spacial score (nSPS) is 34.9. The smallest absolute Gasteiger partial charge is 0.140 e. The van der Waals surface area contributed by atoms with E-state index in [-0.39, 0.29) is 22.7 Å². The lowest BCUT2D eigenvalue weighted by atomic mass is 9.63. The average molecular weight is 280 g/mol. The molecule has 0 saturated carbocycles. The third kappa shape index (κ3) is 3.09. The Kier molecular flexibility index (Phi) is 4.32. The summed E-state index contributed by atoms with van der Waals surface area (Å²) < 4.78 is 0. The van der Waals surface area contributed by atoms with E-state index in [1.54, 1.807) is 0 Å². The molecule has 0 amide bonds. The second-order valence-corrected chi connectivity index (χ2v) is 8.54. The number of rotatable bonds is 2. The highest BCUT2D eigenvalue weighted by Gasteiger charge is 2.46. The van der Waals surface area contributed by atoms with Gasteiger partial charge in [0.1, 0.15) is 5.78 Å². The summed E-state index contributed by atoms with van der Waals surface area (Å²) in [6, 6.07) is 0. The maximum atomic E-state index is 13.2. The van der Waals surface area contributed by atoms with E-state index >= 15 is 0 Å². The van der Waals surface area contributed by atoms with Gasteiger partial charge in [0, 0.05) is 24.9 Å². The summed E-state index contributed by atoms with van der Waals surface area (Å²) in [6.07, 6.45) is 2.06. The van der Waals surface area contributed by atoms with Gasteiger partial charge < -0.3 is 9.80 Å². The van der Waals surface area contributed by atoms with Crippen molar-refractivity contribution in [3.8, 4) is 0 Å². The molecule has 0 radical (unpaired) electrons. The van der Waals surface area contributed by atoms with Crippen LogP contribution in [0, 0.1) is 22.7 Å². The molecule has 2 aliphatic rings. The van der Waals surface area contributed by atoms with Crippen molar-refractivity contribution in [1.82, 2.24) is 9.80 Å². The van der Waals surface area contributed by atoms with Crippen molar-refractivity contribution in [2.24, 2.45) is 22.7 Å². The van der Waals surface area contributed by atoms with Gasteiger partial charge in [0.05, 0.1) is 0 Å². The molecule has 0 bridgehead atoms. The highest BCUT2D eigenvalue weighted by atomic mass is 16.1. The van der Waals surface area contributed by atoms with Gasteiger partial charge in [0.15, 0.2) is 0 Å². The van der Waals surface area contributed by atoms with Gasteiger partial charge in [-0.25, -0.2) is 0 Å². The number of nitrogens with zero attached hydrogens (tertiary/aromatic N) is 2. The molecule has 0 N–H and O–H groups in total. The van der Waals surface area contributed by atoms with E-state index in [2.05, 4.69) is 51.6 Å². The van der Waals surface area contributed by atoms with Crippen molar-refractivity contribution in [2.45, 2.75) is 40.5 Å². The van der Waals surface area contributed by atoms with E-state index in [9.17, 15) is 4.79 Å². The molecule has 2 fully saturated rings. The summed E-state index contributed by atoms with van der Waals surface area (Å²) in [7, 11) is 4.34. The lowest BCUT2D eigenvalue weighted by molar-refractivity contribution is -0.139. The van der Waals surface area contributed by atoms with E-state index in [4.69, 9.17) is 0 Å². The first-order valence-electron chi connectivity index (χ1n) is 8.04. The molecule has 3 nitrogen and oxygen atoms in total. The van der Waals surface area contributed by atoms with Crippen LogP contribution in [-0.2, 0) is 4.79 Å². The van der Waals surface area contributed by atoms with Gasteiger partial charge in [-0.15, -0.1) is 0 Å². The van der Waals surface area contributed by atoms with E-state index in [1.165, 1.54) is 0 Å². The van der Waals surface area contributed by atoms with Crippen LogP contribution < -0.4 is 0 Å². The number of carbonyl (C=O) groups is 1. The van der Waals surface area contributed by atoms with E-state index in [1.807, 2.05) is 0 Å². The highest BCUT2D eigenvalue weighted by molar-refractivity contribution is 5.85. The fourth-order valence-electron chi connectivity index (χ4n) is 4.55. The molecule has 116 valence electrons. The van der Waals surface area contributed by atoms with Crippen molar-refractivity contribution in [3.05, 3.63) is 0 Å². The zero-order valence-electron chi connectivity index (χ0n) is 14.2.